The van der Waals surface area contributed by atoms with E-state index in [2.05, 4.69) is 10.6 Å². The molecule has 1 heterocycles. The van der Waals surface area contributed by atoms with E-state index < -0.39 is 24.4 Å². The minimum atomic E-state index is -1.08. The molecule has 7 heteroatoms. The van der Waals surface area contributed by atoms with Crippen LogP contribution in [0.4, 0.5) is 4.39 Å². The van der Waals surface area contributed by atoms with Crippen LogP contribution >= 0.6 is 0 Å². The van der Waals surface area contributed by atoms with Crippen LogP contribution in [0.5, 0.6) is 0 Å². The van der Waals surface area contributed by atoms with E-state index in [1.54, 1.807) is 12.1 Å². The van der Waals surface area contributed by atoms with Crippen molar-refractivity contribution in [2.45, 2.75) is 56.3 Å². The second kappa shape index (κ2) is 7.57. The summed E-state index contributed by atoms with van der Waals surface area (Å²) in [6, 6.07) is 6.38. The summed E-state index contributed by atoms with van der Waals surface area (Å²) in [5, 5.41) is 26.1. The Labute approximate surface area is 140 Å². The van der Waals surface area contributed by atoms with Gasteiger partial charge < -0.3 is 25.6 Å². The number of amides is 1. The lowest BCUT2D eigenvalue weighted by atomic mass is 10.1. The molecule has 1 aromatic carbocycles. The molecule has 0 spiro atoms. The minimum absolute atomic E-state index is 0.0448. The molecule has 6 nitrogen and oxygen atoms in total. The Hall–Kier alpha value is -1.54. The average Bonchev–Trinajstić information content (AvgIpc) is 3.32. The quantitative estimate of drug-likeness (QED) is 0.565. The maximum Gasteiger partial charge on any atom is 0.222 e. The number of halogens is 1. The van der Waals surface area contributed by atoms with Gasteiger partial charge in [0.05, 0.1) is 18.6 Å². The Balaban J connectivity index is 1.43. The number of hydrogen-bond donors (Lipinski definition) is 4. The third-order valence-corrected chi connectivity index (χ3v) is 4.38. The van der Waals surface area contributed by atoms with E-state index in [-0.39, 0.29) is 24.2 Å². The fourth-order valence-electron chi connectivity index (χ4n) is 2.82. The maximum atomic E-state index is 12.8. The van der Waals surface area contributed by atoms with Crippen molar-refractivity contribution >= 4 is 5.91 Å². The molecule has 3 rings (SSSR count). The van der Waals surface area contributed by atoms with E-state index in [1.165, 1.54) is 12.1 Å². The van der Waals surface area contributed by atoms with E-state index in [1.807, 2.05) is 0 Å². The van der Waals surface area contributed by atoms with Crippen LogP contribution in [0.2, 0.25) is 0 Å². The molecule has 132 valence electrons. The summed E-state index contributed by atoms with van der Waals surface area (Å²) in [6.45, 7) is 0.826. The molecule has 1 aliphatic carbocycles. The largest absolute Gasteiger partial charge is 0.388 e. The Kier molecular flexibility index (Phi) is 5.45. The van der Waals surface area contributed by atoms with Crippen molar-refractivity contribution in [2.24, 2.45) is 0 Å². The number of benzene rings is 1. The van der Waals surface area contributed by atoms with Gasteiger partial charge in [0.15, 0.2) is 0 Å². The number of ether oxygens (including phenoxy) is 1. The lowest BCUT2D eigenvalue weighted by Crippen LogP contribution is -2.38. The highest BCUT2D eigenvalue weighted by Crippen LogP contribution is 2.24. The van der Waals surface area contributed by atoms with E-state index >= 15 is 0 Å². The molecule has 0 radical (unpaired) electrons. The topological polar surface area (TPSA) is 90.8 Å². The molecule has 1 amide bonds. The molecular formula is C17H23FN2O4. The molecule has 1 aromatic rings. The molecule has 4 atom stereocenters. The van der Waals surface area contributed by atoms with Crippen LogP contribution in [0.1, 0.15) is 24.8 Å². The van der Waals surface area contributed by atoms with E-state index in [0.29, 0.717) is 13.1 Å². The highest BCUT2D eigenvalue weighted by Gasteiger charge is 2.43. The molecule has 2 fully saturated rings. The van der Waals surface area contributed by atoms with Gasteiger partial charge in [-0.2, -0.15) is 0 Å². The summed E-state index contributed by atoms with van der Waals surface area (Å²) in [4.78, 5) is 11.8. The normalized spacial score (nSPS) is 29.6. The number of aliphatic hydroxyl groups excluding tert-OH is 2. The molecule has 0 unspecified atom stereocenters. The van der Waals surface area contributed by atoms with E-state index in [4.69, 9.17) is 4.74 Å². The van der Waals surface area contributed by atoms with E-state index in [0.717, 1.165) is 18.4 Å². The summed E-state index contributed by atoms with van der Waals surface area (Å²) in [6.07, 6.45) is -1.35. The number of nitrogens with one attached hydrogen (secondary N) is 2. The second-order valence-electron chi connectivity index (χ2n) is 6.50. The summed E-state index contributed by atoms with van der Waals surface area (Å²) >= 11 is 0. The van der Waals surface area contributed by atoms with Crippen molar-refractivity contribution in [3.05, 3.63) is 35.6 Å². The first-order valence-corrected chi connectivity index (χ1v) is 8.29. The van der Waals surface area contributed by atoms with Crippen LogP contribution in [-0.4, -0.2) is 53.1 Å². The number of rotatable bonds is 7. The highest BCUT2D eigenvalue weighted by molar-refractivity contribution is 5.77. The van der Waals surface area contributed by atoms with Gasteiger partial charge in [-0.15, -0.1) is 0 Å². The summed E-state index contributed by atoms with van der Waals surface area (Å²) in [7, 11) is 0. The summed E-state index contributed by atoms with van der Waals surface area (Å²) in [5.74, 6) is -0.447. The van der Waals surface area contributed by atoms with Crippen molar-refractivity contribution in [1.82, 2.24) is 10.6 Å². The number of carbonyl (C=O) groups excluding carboxylic acids is 1. The molecule has 4 N–H and O–H groups in total. The predicted octanol–water partition coefficient (Wildman–Crippen LogP) is 0.0732. The SMILES string of the molecule is O=C(C[C@@H]1O[C@@H](CNCc2ccc(F)cc2)[C@@H](O)[C@H]1O)NC1CC1. The molecule has 0 aromatic heterocycles. The minimum Gasteiger partial charge on any atom is -0.388 e. The Bertz CT molecular complexity index is 564. The fourth-order valence-corrected chi connectivity index (χ4v) is 2.82. The number of hydrogen-bond acceptors (Lipinski definition) is 5. The maximum absolute atomic E-state index is 12.8. The zero-order valence-corrected chi connectivity index (χ0v) is 13.3. The van der Waals surface area contributed by atoms with Crippen LogP contribution in [0.15, 0.2) is 24.3 Å². The standard InChI is InChI=1S/C17H23FN2O4/c18-11-3-1-10(2-4-11)8-19-9-14-17(23)16(22)13(24-14)7-15(21)20-12-5-6-12/h1-4,12-14,16-17,19,22-23H,5-9H2,(H,20,21)/t13-,14-,16-,17+/m0/s1. The van der Waals surface area contributed by atoms with Crippen molar-refractivity contribution in [1.29, 1.82) is 0 Å². The highest BCUT2D eigenvalue weighted by atomic mass is 19.1. The average molecular weight is 338 g/mol. The van der Waals surface area contributed by atoms with Gasteiger partial charge in [-0.05, 0) is 30.5 Å². The van der Waals surface area contributed by atoms with Crippen molar-refractivity contribution in [2.75, 3.05) is 6.54 Å². The van der Waals surface area contributed by atoms with Crippen molar-refractivity contribution < 1.29 is 24.1 Å². The van der Waals surface area contributed by atoms with Gasteiger partial charge >= 0.3 is 0 Å². The zero-order chi connectivity index (χ0) is 17.1. The van der Waals surface area contributed by atoms with Crippen LogP contribution in [0.25, 0.3) is 0 Å². The van der Waals surface area contributed by atoms with E-state index in [9.17, 15) is 19.4 Å². The third-order valence-electron chi connectivity index (χ3n) is 4.38. The molecule has 2 aliphatic rings. The smallest absolute Gasteiger partial charge is 0.222 e. The van der Waals surface area contributed by atoms with Crippen LogP contribution in [0, 0.1) is 5.82 Å². The van der Waals surface area contributed by atoms with Gasteiger partial charge in [-0.3, -0.25) is 4.79 Å². The molecule has 1 aliphatic heterocycles. The van der Waals surface area contributed by atoms with Gasteiger partial charge in [0, 0.05) is 19.1 Å². The second-order valence-corrected chi connectivity index (χ2v) is 6.50. The first-order chi connectivity index (χ1) is 11.5. The Morgan fingerprint density at radius 1 is 1.17 bits per heavy atom. The molecule has 1 saturated carbocycles. The third kappa shape index (κ3) is 4.51. The van der Waals surface area contributed by atoms with Crippen LogP contribution in [0.3, 0.4) is 0 Å². The van der Waals surface area contributed by atoms with Crippen molar-refractivity contribution in [3.8, 4) is 0 Å². The number of aliphatic hydroxyl groups is 2. The van der Waals surface area contributed by atoms with Gasteiger partial charge in [-0.25, -0.2) is 4.39 Å². The van der Waals surface area contributed by atoms with Gasteiger partial charge in [-0.1, -0.05) is 12.1 Å². The van der Waals surface area contributed by atoms with Gasteiger partial charge in [0.25, 0.3) is 0 Å². The molecule has 1 saturated heterocycles. The first-order valence-electron chi connectivity index (χ1n) is 8.29. The fraction of sp³-hybridized carbons (Fsp3) is 0.588. The Morgan fingerprint density at radius 2 is 1.83 bits per heavy atom. The first kappa shape index (κ1) is 17.3. The monoisotopic (exact) mass is 338 g/mol. The number of carbonyl (C=O) groups is 1. The van der Waals surface area contributed by atoms with Crippen molar-refractivity contribution in [3.63, 3.8) is 0 Å². The summed E-state index contributed by atoms with van der Waals surface area (Å²) < 4.78 is 18.5. The van der Waals surface area contributed by atoms with Gasteiger partial charge in [0.2, 0.25) is 5.91 Å². The molecule has 0 bridgehead atoms. The predicted molar refractivity (Wildman–Crippen MR) is 84.6 cm³/mol. The zero-order valence-electron chi connectivity index (χ0n) is 13.3. The molecular weight excluding hydrogens is 315 g/mol. The Morgan fingerprint density at radius 3 is 2.50 bits per heavy atom. The summed E-state index contributed by atoms with van der Waals surface area (Å²) in [5.41, 5.74) is 0.907. The lowest BCUT2D eigenvalue weighted by molar-refractivity contribution is -0.125. The van der Waals surface area contributed by atoms with Crippen LogP contribution < -0.4 is 10.6 Å². The van der Waals surface area contributed by atoms with Gasteiger partial charge in [0.1, 0.15) is 18.0 Å². The molecule has 24 heavy (non-hydrogen) atoms. The van der Waals surface area contributed by atoms with Crippen LogP contribution in [-0.2, 0) is 16.1 Å². The lowest BCUT2D eigenvalue weighted by Gasteiger charge is -2.15.